The summed E-state index contributed by atoms with van der Waals surface area (Å²) in [5, 5.41) is 8.26. The van der Waals surface area contributed by atoms with Crippen molar-refractivity contribution in [2.24, 2.45) is 4.99 Å². The molecule has 0 atom stereocenters. The number of halogens is 1. The lowest BCUT2D eigenvalue weighted by atomic mass is 9.97. The summed E-state index contributed by atoms with van der Waals surface area (Å²) >= 11 is 6.34. The van der Waals surface area contributed by atoms with E-state index >= 15 is 0 Å². The average Bonchev–Trinajstić information content (AvgIpc) is 3.07. The first kappa shape index (κ1) is 13.2. The van der Waals surface area contributed by atoms with Gasteiger partial charge in [-0.25, -0.2) is 0 Å². The van der Waals surface area contributed by atoms with Gasteiger partial charge in [0, 0.05) is 11.1 Å². The summed E-state index contributed by atoms with van der Waals surface area (Å²) in [6.07, 6.45) is 0. The number of rotatable bonds is 1. The van der Waals surface area contributed by atoms with Gasteiger partial charge >= 0.3 is 0 Å². The third kappa shape index (κ3) is 1.95. The standard InChI is InChI=1S/C15H11ClN4O2/c1-7-13-10-4-3-9(15-18-8(2)20-22-15)5-11(10)14(16)17-6-12(13)21-19-7/h3-5H,6H2,1-2H3. The highest BCUT2D eigenvalue weighted by molar-refractivity contribution is 6.70. The molecule has 0 bridgehead atoms. The second kappa shape index (κ2) is 4.78. The van der Waals surface area contributed by atoms with Crippen LogP contribution in [0, 0.1) is 13.8 Å². The Kier molecular flexibility index (Phi) is 2.87. The van der Waals surface area contributed by atoms with Gasteiger partial charge in [-0.15, -0.1) is 0 Å². The van der Waals surface area contributed by atoms with Crippen LogP contribution in [0.3, 0.4) is 0 Å². The van der Waals surface area contributed by atoms with E-state index in [0.29, 0.717) is 23.4 Å². The lowest BCUT2D eigenvalue weighted by molar-refractivity contribution is 0.382. The van der Waals surface area contributed by atoms with E-state index in [4.69, 9.17) is 20.6 Å². The van der Waals surface area contributed by atoms with Crippen molar-refractivity contribution in [3.8, 4) is 22.6 Å². The van der Waals surface area contributed by atoms with Crippen LogP contribution in [0.5, 0.6) is 0 Å². The Labute approximate surface area is 130 Å². The molecule has 4 rings (SSSR count). The quantitative estimate of drug-likeness (QED) is 0.687. The maximum atomic E-state index is 6.34. The summed E-state index contributed by atoms with van der Waals surface area (Å²) in [7, 11) is 0. The Morgan fingerprint density at radius 2 is 1.95 bits per heavy atom. The van der Waals surface area contributed by atoms with Crippen molar-refractivity contribution in [1.82, 2.24) is 15.3 Å². The third-order valence-corrected chi connectivity index (χ3v) is 3.90. The normalized spacial score (nSPS) is 13.3. The minimum Gasteiger partial charge on any atom is -0.358 e. The smallest absolute Gasteiger partial charge is 0.257 e. The highest BCUT2D eigenvalue weighted by Crippen LogP contribution is 2.36. The summed E-state index contributed by atoms with van der Waals surface area (Å²) in [6, 6.07) is 5.77. The van der Waals surface area contributed by atoms with Gasteiger partial charge in [-0.05, 0) is 31.5 Å². The van der Waals surface area contributed by atoms with Crippen molar-refractivity contribution in [3.63, 3.8) is 0 Å². The predicted octanol–water partition coefficient (Wildman–Crippen LogP) is 3.51. The highest BCUT2D eigenvalue weighted by Gasteiger charge is 2.23. The van der Waals surface area contributed by atoms with Gasteiger partial charge in [0.25, 0.3) is 5.89 Å². The Balaban J connectivity index is 1.94. The molecule has 1 aliphatic rings. The Bertz CT molecular complexity index is 910. The van der Waals surface area contributed by atoms with E-state index < -0.39 is 0 Å². The molecule has 0 unspecified atom stereocenters. The molecule has 0 saturated carbocycles. The van der Waals surface area contributed by atoms with Gasteiger partial charge in [-0.1, -0.05) is 28.0 Å². The Morgan fingerprint density at radius 3 is 2.73 bits per heavy atom. The van der Waals surface area contributed by atoms with Crippen LogP contribution in [0.1, 0.15) is 22.8 Å². The summed E-state index contributed by atoms with van der Waals surface area (Å²) in [5.74, 6) is 1.76. The predicted molar refractivity (Wildman–Crippen MR) is 80.8 cm³/mol. The first-order valence-electron chi connectivity index (χ1n) is 6.74. The first-order chi connectivity index (χ1) is 10.6. The third-order valence-electron chi connectivity index (χ3n) is 3.58. The maximum absolute atomic E-state index is 6.34. The van der Waals surface area contributed by atoms with Crippen LogP contribution in [0.15, 0.2) is 32.2 Å². The number of hydrogen-bond donors (Lipinski definition) is 0. The molecule has 0 radical (unpaired) electrons. The van der Waals surface area contributed by atoms with E-state index in [1.54, 1.807) is 6.92 Å². The molecular weight excluding hydrogens is 304 g/mol. The molecule has 0 aliphatic carbocycles. The van der Waals surface area contributed by atoms with Gasteiger partial charge in [0.1, 0.15) is 11.7 Å². The zero-order chi connectivity index (χ0) is 15.3. The van der Waals surface area contributed by atoms with Crippen molar-refractivity contribution in [2.45, 2.75) is 20.4 Å². The van der Waals surface area contributed by atoms with Gasteiger partial charge in [-0.3, -0.25) is 4.99 Å². The number of fused-ring (bicyclic) bond motifs is 3. The molecule has 0 saturated heterocycles. The number of hydrogen-bond acceptors (Lipinski definition) is 6. The number of benzene rings is 1. The molecule has 3 heterocycles. The zero-order valence-corrected chi connectivity index (χ0v) is 12.7. The van der Waals surface area contributed by atoms with Crippen LogP contribution < -0.4 is 0 Å². The first-order valence-corrected chi connectivity index (χ1v) is 7.12. The van der Waals surface area contributed by atoms with Crippen molar-refractivity contribution in [3.05, 3.63) is 41.0 Å². The monoisotopic (exact) mass is 314 g/mol. The molecule has 110 valence electrons. The van der Waals surface area contributed by atoms with Crippen LogP contribution in [-0.4, -0.2) is 20.5 Å². The van der Waals surface area contributed by atoms with Crippen molar-refractivity contribution in [2.75, 3.05) is 0 Å². The SMILES string of the molecule is Cc1noc(-c2ccc3c(c2)C(Cl)=NCc2onc(C)c2-3)n1. The summed E-state index contributed by atoms with van der Waals surface area (Å²) < 4.78 is 10.5. The van der Waals surface area contributed by atoms with Crippen molar-refractivity contribution < 1.29 is 9.05 Å². The fourth-order valence-electron chi connectivity index (χ4n) is 2.58. The van der Waals surface area contributed by atoms with Gasteiger partial charge in [0.05, 0.1) is 11.3 Å². The number of nitrogens with zero attached hydrogens (tertiary/aromatic N) is 4. The number of aliphatic imine (C=N–C) groups is 1. The minimum absolute atomic E-state index is 0.374. The van der Waals surface area contributed by atoms with Crippen molar-refractivity contribution in [1.29, 1.82) is 0 Å². The van der Waals surface area contributed by atoms with E-state index in [1.807, 2.05) is 25.1 Å². The second-order valence-corrected chi connectivity index (χ2v) is 5.44. The molecule has 2 aromatic heterocycles. The lowest BCUT2D eigenvalue weighted by Crippen LogP contribution is -1.95. The molecule has 6 nitrogen and oxygen atoms in total. The van der Waals surface area contributed by atoms with Crippen LogP contribution in [0.25, 0.3) is 22.6 Å². The number of aromatic nitrogens is 3. The molecular formula is C15H11ClN4O2. The zero-order valence-electron chi connectivity index (χ0n) is 11.9. The summed E-state index contributed by atoms with van der Waals surface area (Å²) in [4.78, 5) is 8.58. The molecule has 1 aromatic carbocycles. The van der Waals surface area contributed by atoms with Crippen LogP contribution in [0.2, 0.25) is 0 Å². The fraction of sp³-hybridized carbons (Fsp3) is 0.200. The average molecular weight is 315 g/mol. The molecule has 0 spiro atoms. The molecule has 0 fully saturated rings. The highest BCUT2D eigenvalue weighted by atomic mass is 35.5. The number of aryl methyl sites for hydroxylation is 2. The minimum atomic E-state index is 0.374. The van der Waals surface area contributed by atoms with Gasteiger partial charge in [-0.2, -0.15) is 4.98 Å². The van der Waals surface area contributed by atoms with Crippen molar-refractivity contribution >= 4 is 16.8 Å². The molecule has 0 N–H and O–H groups in total. The lowest BCUT2D eigenvalue weighted by Gasteiger charge is -2.07. The molecule has 22 heavy (non-hydrogen) atoms. The summed E-state index contributed by atoms with van der Waals surface area (Å²) in [6.45, 7) is 4.05. The van der Waals surface area contributed by atoms with Gasteiger partial charge in [0.2, 0.25) is 0 Å². The van der Waals surface area contributed by atoms with Crippen LogP contribution in [-0.2, 0) is 6.54 Å². The molecule has 1 aliphatic heterocycles. The van der Waals surface area contributed by atoms with Gasteiger partial charge < -0.3 is 9.05 Å². The topological polar surface area (TPSA) is 77.3 Å². The molecule has 7 heteroatoms. The van der Waals surface area contributed by atoms with E-state index in [9.17, 15) is 0 Å². The largest absolute Gasteiger partial charge is 0.358 e. The van der Waals surface area contributed by atoms with Gasteiger partial charge in [0.15, 0.2) is 11.6 Å². The van der Waals surface area contributed by atoms with E-state index in [1.165, 1.54) is 0 Å². The maximum Gasteiger partial charge on any atom is 0.257 e. The Morgan fingerprint density at radius 1 is 1.09 bits per heavy atom. The van der Waals surface area contributed by atoms with Crippen LogP contribution in [0.4, 0.5) is 0 Å². The van der Waals surface area contributed by atoms with E-state index in [-0.39, 0.29) is 0 Å². The summed E-state index contributed by atoms with van der Waals surface area (Å²) in [5.41, 5.74) is 4.31. The fourth-order valence-corrected chi connectivity index (χ4v) is 2.79. The van der Waals surface area contributed by atoms with Crippen LogP contribution >= 0.6 is 11.6 Å². The molecule has 3 aromatic rings. The van der Waals surface area contributed by atoms with E-state index in [0.717, 1.165) is 33.7 Å². The van der Waals surface area contributed by atoms with E-state index in [2.05, 4.69) is 20.3 Å². The Hall–Kier alpha value is -2.47. The molecule has 0 amide bonds. The second-order valence-electron chi connectivity index (χ2n) is 5.08.